The second-order valence-corrected chi connectivity index (χ2v) is 8.00. The highest BCUT2D eigenvalue weighted by atomic mass is 35.5. The zero-order valence-electron chi connectivity index (χ0n) is 16.8. The van der Waals surface area contributed by atoms with E-state index in [1.807, 2.05) is 54.6 Å². The summed E-state index contributed by atoms with van der Waals surface area (Å²) in [6.45, 7) is 1.55. The Hall–Kier alpha value is -3.45. The van der Waals surface area contributed by atoms with Gasteiger partial charge in [0.1, 0.15) is 5.82 Å². The van der Waals surface area contributed by atoms with Gasteiger partial charge in [-0.05, 0) is 37.1 Å². The van der Waals surface area contributed by atoms with Gasteiger partial charge in [0.15, 0.2) is 11.5 Å². The molecule has 2 aromatic heterocycles. The Kier molecular flexibility index (Phi) is 5.26. The highest BCUT2D eigenvalue weighted by Gasteiger charge is 2.24. The van der Waals surface area contributed by atoms with E-state index in [-0.39, 0.29) is 11.9 Å². The van der Waals surface area contributed by atoms with Gasteiger partial charge in [-0.1, -0.05) is 54.1 Å². The van der Waals surface area contributed by atoms with Crippen LogP contribution in [0.15, 0.2) is 66.7 Å². The Labute approximate surface area is 184 Å². The van der Waals surface area contributed by atoms with Crippen molar-refractivity contribution in [3.63, 3.8) is 0 Å². The number of aromatic nitrogens is 4. The van der Waals surface area contributed by atoms with Crippen molar-refractivity contribution in [3.8, 4) is 11.4 Å². The molecule has 0 aliphatic carbocycles. The molecule has 1 unspecified atom stereocenters. The molecule has 7 nitrogen and oxygen atoms in total. The van der Waals surface area contributed by atoms with E-state index >= 15 is 0 Å². The predicted octanol–water partition coefficient (Wildman–Crippen LogP) is 3.84. The van der Waals surface area contributed by atoms with Crippen molar-refractivity contribution < 1.29 is 4.79 Å². The largest absolute Gasteiger partial charge is 0.353 e. The van der Waals surface area contributed by atoms with Gasteiger partial charge in [-0.15, -0.1) is 15.3 Å². The fourth-order valence-corrected chi connectivity index (χ4v) is 4.15. The number of carbonyl (C=O) groups is 1. The number of benzene rings is 2. The van der Waals surface area contributed by atoms with E-state index in [4.69, 9.17) is 16.7 Å². The number of nitrogens with one attached hydrogen (secondary N) is 1. The van der Waals surface area contributed by atoms with Gasteiger partial charge >= 0.3 is 0 Å². The smallest absolute Gasteiger partial charge is 0.253 e. The molecule has 1 saturated heterocycles. The minimum atomic E-state index is -0.147. The molecule has 0 radical (unpaired) electrons. The van der Waals surface area contributed by atoms with Crippen LogP contribution in [0.5, 0.6) is 0 Å². The SMILES string of the molecule is O=C(NC1CCCN(c2ccc3nnc(-c4ccccc4)n3n2)C1)c1ccccc1Cl. The third-order valence-corrected chi connectivity index (χ3v) is 5.81. The molecule has 156 valence electrons. The van der Waals surface area contributed by atoms with Gasteiger partial charge in [0.2, 0.25) is 0 Å². The van der Waals surface area contributed by atoms with Crippen molar-refractivity contribution in [2.75, 3.05) is 18.0 Å². The van der Waals surface area contributed by atoms with Crippen LogP contribution < -0.4 is 10.2 Å². The Bertz CT molecular complexity index is 1230. The Morgan fingerprint density at radius 3 is 2.65 bits per heavy atom. The summed E-state index contributed by atoms with van der Waals surface area (Å²) in [5, 5.41) is 16.9. The van der Waals surface area contributed by atoms with Crippen LogP contribution >= 0.6 is 11.6 Å². The maximum absolute atomic E-state index is 12.7. The van der Waals surface area contributed by atoms with Crippen LogP contribution in [0.3, 0.4) is 0 Å². The van der Waals surface area contributed by atoms with Crippen molar-refractivity contribution in [2.45, 2.75) is 18.9 Å². The van der Waals surface area contributed by atoms with Gasteiger partial charge in [-0.2, -0.15) is 4.52 Å². The standard InChI is InChI=1S/C23H21ClN6O/c24-19-11-5-4-10-18(19)23(31)25-17-9-6-14-29(15-17)21-13-12-20-26-27-22(30(20)28-21)16-7-2-1-3-8-16/h1-5,7-8,10-13,17H,6,9,14-15H2,(H,25,31). The van der Waals surface area contributed by atoms with Crippen molar-refractivity contribution in [1.82, 2.24) is 25.1 Å². The van der Waals surface area contributed by atoms with E-state index in [9.17, 15) is 4.79 Å². The number of hydrogen-bond acceptors (Lipinski definition) is 5. The molecule has 1 atom stereocenters. The van der Waals surface area contributed by atoms with Crippen LogP contribution in [0.1, 0.15) is 23.2 Å². The third-order valence-electron chi connectivity index (χ3n) is 5.48. The molecule has 1 amide bonds. The van der Waals surface area contributed by atoms with Crippen molar-refractivity contribution >= 4 is 29.0 Å². The van der Waals surface area contributed by atoms with Crippen LogP contribution in [0.25, 0.3) is 17.0 Å². The Morgan fingerprint density at radius 2 is 1.81 bits per heavy atom. The lowest BCUT2D eigenvalue weighted by Crippen LogP contribution is -2.48. The number of anilines is 1. The van der Waals surface area contributed by atoms with Gasteiger partial charge in [0.05, 0.1) is 10.6 Å². The lowest BCUT2D eigenvalue weighted by molar-refractivity contribution is 0.0933. The summed E-state index contributed by atoms with van der Waals surface area (Å²) >= 11 is 6.18. The third kappa shape index (κ3) is 3.96. The zero-order valence-corrected chi connectivity index (χ0v) is 17.5. The average molecular weight is 433 g/mol. The normalized spacial score (nSPS) is 16.4. The fraction of sp³-hybridized carbons (Fsp3) is 0.217. The molecule has 4 aromatic rings. The molecule has 8 heteroatoms. The molecular weight excluding hydrogens is 412 g/mol. The molecule has 1 aliphatic heterocycles. The summed E-state index contributed by atoms with van der Waals surface area (Å²) < 4.78 is 1.77. The Morgan fingerprint density at radius 1 is 1.00 bits per heavy atom. The topological polar surface area (TPSA) is 75.4 Å². The van der Waals surface area contributed by atoms with E-state index in [0.29, 0.717) is 28.6 Å². The number of piperidine rings is 1. The molecule has 0 bridgehead atoms. The second kappa shape index (κ2) is 8.35. The highest BCUT2D eigenvalue weighted by molar-refractivity contribution is 6.33. The van der Waals surface area contributed by atoms with Crippen LogP contribution in [-0.2, 0) is 0 Å². The second-order valence-electron chi connectivity index (χ2n) is 7.59. The van der Waals surface area contributed by atoms with Crippen LogP contribution in [-0.4, -0.2) is 44.8 Å². The van der Waals surface area contributed by atoms with Crippen molar-refractivity contribution in [2.24, 2.45) is 0 Å². The molecular formula is C23H21ClN6O. The summed E-state index contributed by atoms with van der Waals surface area (Å²) in [4.78, 5) is 14.9. The quantitative estimate of drug-likeness (QED) is 0.530. The number of rotatable bonds is 4. The van der Waals surface area contributed by atoms with E-state index in [0.717, 1.165) is 30.8 Å². The lowest BCUT2D eigenvalue weighted by Gasteiger charge is -2.33. The Balaban J connectivity index is 1.36. The monoisotopic (exact) mass is 432 g/mol. The minimum Gasteiger partial charge on any atom is -0.353 e. The maximum atomic E-state index is 12.7. The van der Waals surface area contributed by atoms with Crippen LogP contribution in [0.2, 0.25) is 5.02 Å². The average Bonchev–Trinajstić information content (AvgIpc) is 3.23. The van der Waals surface area contributed by atoms with Gasteiger partial charge in [0.25, 0.3) is 5.91 Å². The molecule has 1 fully saturated rings. The van der Waals surface area contributed by atoms with Crippen LogP contribution in [0.4, 0.5) is 5.82 Å². The van der Waals surface area contributed by atoms with Gasteiger partial charge in [-0.25, -0.2) is 0 Å². The first kappa shape index (κ1) is 19.5. The summed E-state index contributed by atoms with van der Waals surface area (Å²) in [7, 11) is 0. The van der Waals surface area contributed by atoms with Crippen molar-refractivity contribution in [3.05, 3.63) is 77.3 Å². The summed E-state index contributed by atoms with van der Waals surface area (Å²) in [5.74, 6) is 1.39. The molecule has 2 aromatic carbocycles. The summed E-state index contributed by atoms with van der Waals surface area (Å²) in [6, 6.07) is 20.9. The number of nitrogens with zero attached hydrogens (tertiary/aromatic N) is 5. The number of amides is 1. The van der Waals surface area contributed by atoms with E-state index in [1.165, 1.54) is 0 Å². The first-order chi connectivity index (χ1) is 15.2. The van der Waals surface area contributed by atoms with Crippen molar-refractivity contribution in [1.29, 1.82) is 0 Å². The summed E-state index contributed by atoms with van der Waals surface area (Å²) in [5.41, 5.74) is 2.16. The molecule has 0 saturated carbocycles. The van der Waals surface area contributed by atoms with E-state index in [1.54, 1.807) is 16.6 Å². The summed E-state index contributed by atoms with van der Waals surface area (Å²) in [6.07, 6.45) is 1.87. The first-order valence-electron chi connectivity index (χ1n) is 10.3. The minimum absolute atomic E-state index is 0.0181. The lowest BCUT2D eigenvalue weighted by atomic mass is 10.0. The molecule has 31 heavy (non-hydrogen) atoms. The van der Waals surface area contributed by atoms with E-state index < -0.39 is 0 Å². The number of fused-ring (bicyclic) bond motifs is 1. The fourth-order valence-electron chi connectivity index (χ4n) is 3.93. The molecule has 3 heterocycles. The molecule has 0 spiro atoms. The van der Waals surface area contributed by atoms with Gasteiger partial charge < -0.3 is 10.2 Å². The van der Waals surface area contributed by atoms with E-state index in [2.05, 4.69) is 20.4 Å². The first-order valence-corrected chi connectivity index (χ1v) is 10.6. The van der Waals surface area contributed by atoms with Gasteiger partial charge in [-0.3, -0.25) is 4.79 Å². The number of carbonyl (C=O) groups excluding carboxylic acids is 1. The van der Waals surface area contributed by atoms with Gasteiger partial charge in [0, 0.05) is 24.7 Å². The highest BCUT2D eigenvalue weighted by Crippen LogP contribution is 2.22. The molecule has 1 aliphatic rings. The molecule has 1 N–H and O–H groups in total. The van der Waals surface area contributed by atoms with Crippen LogP contribution in [0, 0.1) is 0 Å². The maximum Gasteiger partial charge on any atom is 0.253 e. The number of halogens is 1. The predicted molar refractivity (Wildman–Crippen MR) is 120 cm³/mol. The molecule has 5 rings (SSSR count). The number of hydrogen-bond donors (Lipinski definition) is 1. The zero-order chi connectivity index (χ0) is 21.2.